The Morgan fingerprint density at radius 2 is 2.11 bits per heavy atom. The summed E-state index contributed by atoms with van der Waals surface area (Å²) in [6, 6.07) is 5.85. The minimum atomic E-state index is -0.0757. The van der Waals surface area contributed by atoms with Crippen LogP contribution in [0.15, 0.2) is 18.2 Å². The Balaban J connectivity index is 1.87. The summed E-state index contributed by atoms with van der Waals surface area (Å²) in [6.07, 6.45) is 2.35. The maximum absolute atomic E-state index is 11.7. The molecular formula is C13H16Cl2N2O. The first-order valence-corrected chi connectivity index (χ1v) is 6.79. The Bertz CT molecular complexity index is 447. The summed E-state index contributed by atoms with van der Waals surface area (Å²) in [7, 11) is 0. The minimum Gasteiger partial charge on any atom is -0.348 e. The zero-order valence-electron chi connectivity index (χ0n) is 10.2. The van der Waals surface area contributed by atoms with Gasteiger partial charge in [-0.05, 0) is 37.5 Å². The van der Waals surface area contributed by atoms with E-state index in [2.05, 4.69) is 10.6 Å². The van der Waals surface area contributed by atoms with Gasteiger partial charge in [-0.25, -0.2) is 0 Å². The summed E-state index contributed by atoms with van der Waals surface area (Å²) < 4.78 is 0. The molecular weight excluding hydrogens is 271 g/mol. The second-order valence-electron chi connectivity index (χ2n) is 4.62. The molecule has 3 nitrogen and oxygen atoms in total. The topological polar surface area (TPSA) is 41.1 Å². The highest BCUT2D eigenvalue weighted by molar-refractivity contribution is 6.42. The fraction of sp³-hybridized carbons (Fsp3) is 0.462. The van der Waals surface area contributed by atoms with Crippen LogP contribution < -0.4 is 10.6 Å². The first-order chi connectivity index (χ1) is 8.56. The Labute approximate surface area is 117 Å². The quantitative estimate of drug-likeness (QED) is 0.874. The van der Waals surface area contributed by atoms with Gasteiger partial charge >= 0.3 is 0 Å². The molecule has 5 heteroatoms. The predicted molar refractivity (Wildman–Crippen MR) is 74.0 cm³/mol. The minimum absolute atomic E-state index is 0.000437. The lowest BCUT2D eigenvalue weighted by Crippen LogP contribution is -2.36. The van der Waals surface area contributed by atoms with Gasteiger partial charge in [0, 0.05) is 6.04 Å². The molecule has 1 saturated carbocycles. The van der Waals surface area contributed by atoms with Gasteiger partial charge in [0.2, 0.25) is 5.91 Å². The Kier molecular flexibility index (Phi) is 4.49. The van der Waals surface area contributed by atoms with Crippen LogP contribution in [0.5, 0.6) is 0 Å². The number of nitrogens with one attached hydrogen (secondary N) is 2. The van der Waals surface area contributed by atoms with Crippen molar-refractivity contribution < 1.29 is 4.79 Å². The van der Waals surface area contributed by atoms with Crippen molar-refractivity contribution in [3.8, 4) is 0 Å². The van der Waals surface area contributed by atoms with E-state index in [1.165, 1.54) is 12.8 Å². The van der Waals surface area contributed by atoms with Gasteiger partial charge in [0.15, 0.2) is 0 Å². The van der Waals surface area contributed by atoms with Gasteiger partial charge in [-0.15, -0.1) is 0 Å². The molecule has 0 aliphatic heterocycles. The average molecular weight is 287 g/mol. The largest absolute Gasteiger partial charge is 0.348 e. The van der Waals surface area contributed by atoms with Gasteiger partial charge in [0.1, 0.15) is 0 Å². The van der Waals surface area contributed by atoms with Crippen LogP contribution in [-0.4, -0.2) is 18.5 Å². The molecule has 1 aliphatic rings. The lowest BCUT2D eigenvalue weighted by Gasteiger charge is -2.15. The summed E-state index contributed by atoms with van der Waals surface area (Å²) in [4.78, 5) is 11.7. The van der Waals surface area contributed by atoms with Crippen LogP contribution in [0.1, 0.15) is 31.4 Å². The first kappa shape index (κ1) is 13.7. The lowest BCUT2D eigenvalue weighted by atomic mass is 10.1. The lowest BCUT2D eigenvalue weighted by molar-refractivity contribution is -0.120. The number of carbonyl (C=O) groups is 1. The van der Waals surface area contributed by atoms with Crippen molar-refractivity contribution in [2.75, 3.05) is 6.54 Å². The summed E-state index contributed by atoms with van der Waals surface area (Å²) in [6.45, 7) is 2.30. The smallest absolute Gasteiger partial charge is 0.234 e. The highest BCUT2D eigenvalue weighted by atomic mass is 35.5. The molecule has 2 N–H and O–H groups in total. The number of rotatable bonds is 5. The van der Waals surface area contributed by atoms with E-state index in [0.717, 1.165) is 5.56 Å². The molecule has 1 amide bonds. The number of halogens is 2. The van der Waals surface area contributed by atoms with Crippen molar-refractivity contribution in [3.05, 3.63) is 33.8 Å². The highest BCUT2D eigenvalue weighted by Gasteiger charge is 2.21. The molecule has 0 bridgehead atoms. The van der Waals surface area contributed by atoms with Gasteiger partial charge in [-0.2, -0.15) is 0 Å². The van der Waals surface area contributed by atoms with Crippen molar-refractivity contribution >= 4 is 29.1 Å². The van der Waals surface area contributed by atoms with Crippen LogP contribution >= 0.6 is 23.2 Å². The van der Waals surface area contributed by atoms with Crippen molar-refractivity contribution in [2.45, 2.75) is 31.8 Å². The van der Waals surface area contributed by atoms with E-state index in [1.807, 2.05) is 13.0 Å². The zero-order valence-corrected chi connectivity index (χ0v) is 11.7. The van der Waals surface area contributed by atoms with Crippen molar-refractivity contribution in [2.24, 2.45) is 0 Å². The van der Waals surface area contributed by atoms with Crippen molar-refractivity contribution in [1.82, 2.24) is 10.6 Å². The van der Waals surface area contributed by atoms with Crippen LogP contribution in [0.4, 0.5) is 0 Å². The van der Waals surface area contributed by atoms with Gasteiger partial charge in [-0.3, -0.25) is 4.79 Å². The molecule has 0 radical (unpaired) electrons. The standard InChI is InChI=1S/C13H16Cl2N2O/c1-8(9-2-5-11(14)12(15)6-9)17-13(18)7-16-10-3-4-10/h2,5-6,8,10,16H,3-4,7H2,1H3,(H,17,18). The molecule has 1 aromatic rings. The van der Waals surface area contributed by atoms with Crippen molar-refractivity contribution in [1.29, 1.82) is 0 Å². The molecule has 0 aromatic heterocycles. The third kappa shape index (κ3) is 3.87. The van der Waals surface area contributed by atoms with Gasteiger partial charge < -0.3 is 10.6 Å². The van der Waals surface area contributed by atoms with Crippen molar-refractivity contribution in [3.63, 3.8) is 0 Å². The Morgan fingerprint density at radius 3 is 2.72 bits per heavy atom. The predicted octanol–water partition coefficient (Wildman–Crippen LogP) is 2.92. The van der Waals surface area contributed by atoms with Gasteiger partial charge in [-0.1, -0.05) is 29.3 Å². The summed E-state index contributed by atoms with van der Waals surface area (Å²) in [5.41, 5.74) is 0.948. The third-order valence-corrected chi connectivity index (χ3v) is 3.69. The van der Waals surface area contributed by atoms with Crippen LogP contribution in [0.25, 0.3) is 0 Å². The van der Waals surface area contributed by atoms with E-state index < -0.39 is 0 Å². The second kappa shape index (κ2) is 5.91. The number of amides is 1. The monoisotopic (exact) mass is 286 g/mol. The number of carbonyl (C=O) groups excluding carboxylic acids is 1. The molecule has 1 unspecified atom stereocenters. The Hall–Kier alpha value is -0.770. The van der Waals surface area contributed by atoms with Gasteiger partial charge in [0.25, 0.3) is 0 Å². The molecule has 0 saturated heterocycles. The van der Waals surface area contributed by atoms with E-state index in [0.29, 0.717) is 22.6 Å². The SMILES string of the molecule is CC(NC(=O)CNC1CC1)c1ccc(Cl)c(Cl)c1. The highest BCUT2D eigenvalue weighted by Crippen LogP contribution is 2.25. The fourth-order valence-corrected chi connectivity index (χ4v) is 1.99. The van der Waals surface area contributed by atoms with Crippen LogP contribution in [0.2, 0.25) is 10.0 Å². The number of benzene rings is 1. The summed E-state index contributed by atoms with van der Waals surface area (Å²) in [5.74, 6) is 0.000437. The van der Waals surface area contributed by atoms with Crippen LogP contribution in [0.3, 0.4) is 0 Å². The Morgan fingerprint density at radius 1 is 1.39 bits per heavy atom. The normalized spacial score (nSPS) is 16.4. The van der Waals surface area contributed by atoms with E-state index in [9.17, 15) is 4.79 Å². The second-order valence-corrected chi connectivity index (χ2v) is 5.43. The van der Waals surface area contributed by atoms with Gasteiger partial charge in [0.05, 0.1) is 22.6 Å². The molecule has 1 fully saturated rings. The van der Waals surface area contributed by atoms with Crippen LogP contribution in [0, 0.1) is 0 Å². The molecule has 0 spiro atoms. The molecule has 0 heterocycles. The van der Waals surface area contributed by atoms with E-state index in [4.69, 9.17) is 23.2 Å². The summed E-state index contributed by atoms with van der Waals surface area (Å²) in [5, 5.41) is 7.13. The molecule has 1 aromatic carbocycles. The molecule has 18 heavy (non-hydrogen) atoms. The molecule has 1 atom stereocenters. The van der Waals surface area contributed by atoms with E-state index >= 15 is 0 Å². The number of hydrogen-bond acceptors (Lipinski definition) is 2. The third-order valence-electron chi connectivity index (χ3n) is 2.95. The summed E-state index contributed by atoms with van der Waals surface area (Å²) >= 11 is 11.8. The molecule has 2 rings (SSSR count). The number of hydrogen-bond donors (Lipinski definition) is 2. The van der Waals surface area contributed by atoms with E-state index in [1.54, 1.807) is 12.1 Å². The maximum Gasteiger partial charge on any atom is 0.234 e. The molecule has 98 valence electrons. The van der Waals surface area contributed by atoms with E-state index in [-0.39, 0.29) is 11.9 Å². The fourth-order valence-electron chi connectivity index (χ4n) is 1.68. The molecule has 1 aliphatic carbocycles. The van der Waals surface area contributed by atoms with Crippen LogP contribution in [-0.2, 0) is 4.79 Å². The first-order valence-electron chi connectivity index (χ1n) is 6.04. The average Bonchev–Trinajstić information content (AvgIpc) is 3.14. The maximum atomic E-state index is 11.7. The zero-order chi connectivity index (χ0) is 13.1.